The molecule has 2 rings (SSSR count). The first-order valence-electron chi connectivity index (χ1n) is 5.04. The van der Waals surface area contributed by atoms with E-state index in [9.17, 15) is 0 Å². The summed E-state index contributed by atoms with van der Waals surface area (Å²) in [5, 5.41) is 1.21. The molecule has 1 aromatic heterocycles. The summed E-state index contributed by atoms with van der Waals surface area (Å²) in [6.07, 6.45) is 0. The molecule has 0 radical (unpaired) electrons. The fraction of sp³-hybridized carbons (Fsp3) is 0.308. The smallest absolute Gasteiger partial charge is 0.213 e. The Morgan fingerprint density at radius 3 is 2.27 bits per heavy atom. The molecule has 0 bridgehead atoms. The van der Waals surface area contributed by atoms with E-state index in [0.29, 0.717) is 5.88 Å². The van der Waals surface area contributed by atoms with E-state index in [-0.39, 0.29) is 0 Å². The number of aryl methyl sites for hydroxylation is 3. The lowest BCUT2D eigenvalue weighted by Gasteiger charge is -2.08. The number of nitrogens with zero attached hydrogens (tertiary/aromatic N) is 1. The Balaban J connectivity index is 2.80. The molecule has 78 valence electrons. The van der Waals surface area contributed by atoms with Crippen LogP contribution in [0.15, 0.2) is 18.2 Å². The van der Waals surface area contributed by atoms with Crippen LogP contribution in [0.2, 0.25) is 0 Å². The zero-order valence-corrected chi connectivity index (χ0v) is 9.59. The van der Waals surface area contributed by atoms with Gasteiger partial charge in [-0.3, -0.25) is 0 Å². The molecule has 0 saturated heterocycles. The van der Waals surface area contributed by atoms with Crippen LogP contribution >= 0.6 is 0 Å². The molecule has 1 aromatic carbocycles. The lowest BCUT2D eigenvalue weighted by molar-refractivity contribution is 0.399. The van der Waals surface area contributed by atoms with Crippen LogP contribution < -0.4 is 4.74 Å². The fourth-order valence-electron chi connectivity index (χ4n) is 1.73. The quantitative estimate of drug-likeness (QED) is 0.707. The van der Waals surface area contributed by atoms with Crippen molar-refractivity contribution in [1.82, 2.24) is 4.98 Å². The normalized spacial score (nSPS) is 10.7. The Kier molecular flexibility index (Phi) is 2.35. The third kappa shape index (κ3) is 1.67. The van der Waals surface area contributed by atoms with E-state index < -0.39 is 0 Å². The molecule has 0 aliphatic heterocycles. The van der Waals surface area contributed by atoms with Crippen LogP contribution in [0.5, 0.6) is 5.88 Å². The number of ether oxygens (including phenoxy) is 1. The van der Waals surface area contributed by atoms with Crippen molar-refractivity contribution >= 4 is 10.9 Å². The highest BCUT2D eigenvalue weighted by atomic mass is 16.5. The van der Waals surface area contributed by atoms with Gasteiger partial charge in [0.05, 0.1) is 12.6 Å². The second kappa shape index (κ2) is 3.54. The molecule has 1 heterocycles. The summed E-state index contributed by atoms with van der Waals surface area (Å²) in [6, 6.07) is 6.27. The maximum absolute atomic E-state index is 5.16. The summed E-state index contributed by atoms with van der Waals surface area (Å²) < 4.78 is 5.16. The Morgan fingerprint density at radius 1 is 0.933 bits per heavy atom. The zero-order chi connectivity index (χ0) is 11.0. The number of pyridine rings is 1. The number of benzene rings is 1. The molecule has 2 heteroatoms. The molecule has 0 amide bonds. The van der Waals surface area contributed by atoms with Gasteiger partial charge in [0.15, 0.2) is 0 Å². The van der Waals surface area contributed by atoms with Gasteiger partial charge in [0.25, 0.3) is 0 Å². The number of rotatable bonds is 1. The van der Waals surface area contributed by atoms with E-state index >= 15 is 0 Å². The molecule has 0 fully saturated rings. The van der Waals surface area contributed by atoms with Gasteiger partial charge in [-0.05, 0) is 49.6 Å². The van der Waals surface area contributed by atoms with Crippen molar-refractivity contribution < 1.29 is 4.74 Å². The van der Waals surface area contributed by atoms with Gasteiger partial charge in [0, 0.05) is 11.5 Å². The largest absolute Gasteiger partial charge is 0.481 e. The van der Waals surface area contributed by atoms with Gasteiger partial charge >= 0.3 is 0 Å². The van der Waals surface area contributed by atoms with Gasteiger partial charge in [0.2, 0.25) is 5.88 Å². The Bertz CT molecular complexity index is 517. The Hall–Kier alpha value is -1.57. The molecule has 0 aliphatic carbocycles. The van der Waals surface area contributed by atoms with Crippen LogP contribution in [0.3, 0.4) is 0 Å². The lowest BCUT2D eigenvalue weighted by atomic mass is 10.0. The van der Waals surface area contributed by atoms with Crippen molar-refractivity contribution in [1.29, 1.82) is 0 Å². The summed E-state index contributed by atoms with van der Waals surface area (Å²) in [5.41, 5.74) is 4.79. The van der Waals surface area contributed by atoms with Crippen molar-refractivity contribution in [3.05, 3.63) is 34.9 Å². The third-order valence-electron chi connectivity index (χ3n) is 2.82. The SMILES string of the molecule is COc1cc(C)c2cc(C)c(C)cc2n1. The van der Waals surface area contributed by atoms with Gasteiger partial charge in [-0.15, -0.1) is 0 Å². The average Bonchev–Trinajstić information content (AvgIpc) is 2.21. The van der Waals surface area contributed by atoms with Crippen molar-refractivity contribution in [3.63, 3.8) is 0 Å². The topological polar surface area (TPSA) is 22.1 Å². The highest BCUT2D eigenvalue weighted by Gasteiger charge is 2.04. The predicted molar refractivity (Wildman–Crippen MR) is 62.5 cm³/mol. The minimum Gasteiger partial charge on any atom is -0.481 e. The number of methoxy groups -OCH3 is 1. The molecule has 0 aliphatic rings. The lowest BCUT2D eigenvalue weighted by Crippen LogP contribution is -1.92. The van der Waals surface area contributed by atoms with Crippen LogP contribution in [0.25, 0.3) is 10.9 Å². The standard InChI is InChI=1S/C13H15NO/c1-8-5-11-10(3)7-13(15-4)14-12(11)6-9(8)2/h5-7H,1-4H3. The van der Waals surface area contributed by atoms with Crippen LogP contribution in [-0.4, -0.2) is 12.1 Å². The summed E-state index contributed by atoms with van der Waals surface area (Å²) >= 11 is 0. The number of aromatic nitrogens is 1. The van der Waals surface area contributed by atoms with E-state index in [0.717, 1.165) is 5.52 Å². The number of fused-ring (bicyclic) bond motifs is 1. The second-order valence-electron chi connectivity index (χ2n) is 3.94. The van der Waals surface area contributed by atoms with Gasteiger partial charge in [0.1, 0.15) is 0 Å². The van der Waals surface area contributed by atoms with Crippen molar-refractivity contribution in [2.45, 2.75) is 20.8 Å². The molecule has 0 atom stereocenters. The van der Waals surface area contributed by atoms with E-state index in [1.807, 2.05) is 6.07 Å². The second-order valence-corrected chi connectivity index (χ2v) is 3.94. The molecule has 2 aromatic rings. The minimum absolute atomic E-state index is 0.684. The highest BCUT2D eigenvalue weighted by Crippen LogP contribution is 2.24. The van der Waals surface area contributed by atoms with Crippen molar-refractivity contribution in [2.75, 3.05) is 7.11 Å². The Labute approximate surface area is 89.9 Å². The van der Waals surface area contributed by atoms with E-state index in [2.05, 4.69) is 37.9 Å². The maximum atomic E-state index is 5.16. The first-order chi connectivity index (χ1) is 7.11. The Morgan fingerprint density at radius 2 is 1.60 bits per heavy atom. The third-order valence-corrected chi connectivity index (χ3v) is 2.82. The average molecular weight is 201 g/mol. The van der Waals surface area contributed by atoms with Crippen LogP contribution in [0.1, 0.15) is 16.7 Å². The fourth-order valence-corrected chi connectivity index (χ4v) is 1.73. The zero-order valence-electron chi connectivity index (χ0n) is 9.59. The summed E-state index contributed by atoms with van der Waals surface area (Å²) in [6.45, 7) is 6.31. The summed E-state index contributed by atoms with van der Waals surface area (Å²) in [4.78, 5) is 4.43. The number of hydrogen-bond donors (Lipinski definition) is 0. The monoisotopic (exact) mass is 201 g/mol. The highest BCUT2D eigenvalue weighted by molar-refractivity contribution is 5.84. The predicted octanol–water partition coefficient (Wildman–Crippen LogP) is 3.17. The van der Waals surface area contributed by atoms with E-state index in [4.69, 9.17) is 4.74 Å². The first kappa shape index (κ1) is 9.97. The molecule has 15 heavy (non-hydrogen) atoms. The van der Waals surface area contributed by atoms with E-state index in [1.165, 1.54) is 22.1 Å². The molecular weight excluding hydrogens is 186 g/mol. The van der Waals surface area contributed by atoms with Crippen LogP contribution in [-0.2, 0) is 0 Å². The molecule has 0 spiro atoms. The van der Waals surface area contributed by atoms with Crippen molar-refractivity contribution in [2.24, 2.45) is 0 Å². The molecule has 0 saturated carbocycles. The van der Waals surface area contributed by atoms with Gasteiger partial charge in [-0.2, -0.15) is 0 Å². The minimum atomic E-state index is 0.684. The summed E-state index contributed by atoms with van der Waals surface area (Å²) in [5.74, 6) is 0.684. The van der Waals surface area contributed by atoms with E-state index in [1.54, 1.807) is 7.11 Å². The molecule has 2 nitrogen and oxygen atoms in total. The maximum Gasteiger partial charge on any atom is 0.213 e. The van der Waals surface area contributed by atoms with Crippen LogP contribution in [0.4, 0.5) is 0 Å². The van der Waals surface area contributed by atoms with Gasteiger partial charge < -0.3 is 4.74 Å². The molecule has 0 N–H and O–H groups in total. The molecule has 0 unspecified atom stereocenters. The first-order valence-corrected chi connectivity index (χ1v) is 5.04. The van der Waals surface area contributed by atoms with Gasteiger partial charge in [-0.25, -0.2) is 4.98 Å². The van der Waals surface area contributed by atoms with Crippen molar-refractivity contribution in [3.8, 4) is 5.88 Å². The van der Waals surface area contributed by atoms with Gasteiger partial charge in [-0.1, -0.05) is 0 Å². The molecular formula is C13H15NO. The number of hydrogen-bond acceptors (Lipinski definition) is 2. The summed E-state index contributed by atoms with van der Waals surface area (Å²) in [7, 11) is 1.65. The van der Waals surface area contributed by atoms with Crippen LogP contribution in [0, 0.1) is 20.8 Å².